The van der Waals surface area contributed by atoms with Crippen LogP contribution in [0.5, 0.6) is 0 Å². The summed E-state index contributed by atoms with van der Waals surface area (Å²) in [4.78, 5) is 12.5. The molecule has 5 nitrogen and oxygen atoms in total. The molecule has 1 amide bonds. The summed E-state index contributed by atoms with van der Waals surface area (Å²) in [5, 5.41) is 3.34. The van der Waals surface area contributed by atoms with Crippen molar-refractivity contribution in [2.45, 2.75) is 45.2 Å². The van der Waals surface area contributed by atoms with Crippen molar-refractivity contribution in [2.24, 2.45) is 0 Å². The van der Waals surface area contributed by atoms with Gasteiger partial charge in [-0.25, -0.2) is 8.42 Å². The number of carbonyl (C=O) groups excluding carboxylic acids is 1. The van der Waals surface area contributed by atoms with Crippen molar-refractivity contribution in [3.8, 4) is 0 Å². The molecule has 0 aliphatic carbocycles. The van der Waals surface area contributed by atoms with E-state index in [1.54, 1.807) is 38.1 Å². The van der Waals surface area contributed by atoms with Gasteiger partial charge in [0.25, 0.3) is 0 Å². The summed E-state index contributed by atoms with van der Waals surface area (Å²) in [7, 11) is -3.80. The van der Waals surface area contributed by atoms with Gasteiger partial charge in [-0.2, -0.15) is 4.72 Å². The van der Waals surface area contributed by atoms with Gasteiger partial charge in [-0.1, -0.05) is 41.4 Å². The molecule has 0 bridgehead atoms. The lowest BCUT2D eigenvalue weighted by Gasteiger charge is -2.17. The van der Waals surface area contributed by atoms with Crippen molar-refractivity contribution in [1.82, 2.24) is 10.0 Å². The highest BCUT2D eigenvalue weighted by molar-refractivity contribution is 7.89. The molecule has 2 aromatic carbocycles. The summed E-state index contributed by atoms with van der Waals surface area (Å²) in [5.74, 6) is -0.397. The molecule has 1 atom stereocenters. The number of amides is 1. The third kappa shape index (κ3) is 5.06. The van der Waals surface area contributed by atoms with Gasteiger partial charge in [-0.05, 0) is 56.5 Å². The largest absolute Gasteiger partial charge is 0.351 e. The van der Waals surface area contributed by atoms with Crippen LogP contribution < -0.4 is 10.0 Å². The van der Waals surface area contributed by atoms with E-state index < -0.39 is 22.0 Å². The lowest BCUT2D eigenvalue weighted by molar-refractivity contribution is -0.122. The molecule has 0 aliphatic heterocycles. The van der Waals surface area contributed by atoms with Crippen LogP contribution in [0.1, 0.15) is 29.2 Å². The fraction of sp³-hybridized carbons (Fsp3) is 0.316. The Kier molecular flexibility index (Phi) is 6.44. The second kappa shape index (κ2) is 8.20. The minimum atomic E-state index is -3.80. The van der Waals surface area contributed by atoms with Crippen LogP contribution in [0, 0.1) is 20.8 Å². The predicted octanol–water partition coefficient (Wildman–Crippen LogP) is 3.25. The second-order valence-electron chi connectivity index (χ2n) is 6.42. The quantitative estimate of drug-likeness (QED) is 0.789. The van der Waals surface area contributed by atoms with Crippen molar-refractivity contribution < 1.29 is 13.2 Å². The Hall–Kier alpha value is -1.89. The maximum atomic E-state index is 12.7. The summed E-state index contributed by atoms with van der Waals surface area (Å²) in [6.45, 7) is 7.23. The highest BCUT2D eigenvalue weighted by atomic mass is 35.5. The van der Waals surface area contributed by atoms with Crippen LogP contribution in [0.2, 0.25) is 5.02 Å². The zero-order valence-corrected chi connectivity index (χ0v) is 16.8. The smallest absolute Gasteiger partial charge is 0.241 e. The zero-order valence-electron chi connectivity index (χ0n) is 15.3. The molecule has 0 fully saturated rings. The minimum absolute atomic E-state index is 0.223. The second-order valence-corrected chi connectivity index (χ2v) is 8.50. The molecule has 0 spiro atoms. The Morgan fingerprint density at radius 2 is 1.62 bits per heavy atom. The Morgan fingerprint density at radius 3 is 2.15 bits per heavy atom. The van der Waals surface area contributed by atoms with Gasteiger partial charge in [0.15, 0.2) is 0 Å². The minimum Gasteiger partial charge on any atom is -0.351 e. The van der Waals surface area contributed by atoms with Gasteiger partial charge >= 0.3 is 0 Å². The Balaban J connectivity index is 2.06. The number of rotatable bonds is 6. The SMILES string of the molecule is Cc1cc(C)c(S(=O)(=O)NC(C)C(=O)NCc2ccc(Cl)cc2)c(C)c1. The van der Waals surface area contributed by atoms with Crippen LogP contribution in [0.15, 0.2) is 41.3 Å². The van der Waals surface area contributed by atoms with E-state index in [4.69, 9.17) is 11.6 Å². The number of carbonyl (C=O) groups is 1. The average Bonchev–Trinajstić information content (AvgIpc) is 2.52. The molecule has 0 aromatic heterocycles. The number of nitrogens with one attached hydrogen (secondary N) is 2. The lowest BCUT2D eigenvalue weighted by Crippen LogP contribution is -2.44. The van der Waals surface area contributed by atoms with E-state index in [1.807, 2.05) is 19.1 Å². The monoisotopic (exact) mass is 394 g/mol. The van der Waals surface area contributed by atoms with Gasteiger partial charge in [0.1, 0.15) is 0 Å². The van der Waals surface area contributed by atoms with Gasteiger partial charge in [-0.3, -0.25) is 4.79 Å². The van der Waals surface area contributed by atoms with E-state index in [0.717, 1.165) is 11.1 Å². The van der Waals surface area contributed by atoms with Crippen molar-refractivity contribution in [3.63, 3.8) is 0 Å². The molecular formula is C19H23ClN2O3S. The van der Waals surface area contributed by atoms with Gasteiger partial charge in [0, 0.05) is 11.6 Å². The van der Waals surface area contributed by atoms with Crippen LogP contribution in [-0.4, -0.2) is 20.4 Å². The molecule has 2 N–H and O–H groups in total. The highest BCUT2D eigenvalue weighted by Crippen LogP contribution is 2.21. The molecule has 0 radical (unpaired) electrons. The first-order valence-corrected chi connectivity index (χ1v) is 10.1. The summed E-state index contributed by atoms with van der Waals surface area (Å²) in [6.07, 6.45) is 0. The topological polar surface area (TPSA) is 75.3 Å². The molecule has 0 aliphatic rings. The number of halogens is 1. The van der Waals surface area contributed by atoms with E-state index in [9.17, 15) is 13.2 Å². The molecule has 0 heterocycles. The first-order chi connectivity index (χ1) is 12.1. The number of aryl methyl sites for hydroxylation is 3. The Morgan fingerprint density at radius 1 is 1.08 bits per heavy atom. The molecule has 26 heavy (non-hydrogen) atoms. The van der Waals surface area contributed by atoms with Crippen LogP contribution in [0.25, 0.3) is 0 Å². The summed E-state index contributed by atoms with van der Waals surface area (Å²) >= 11 is 5.83. The standard InChI is InChI=1S/C19H23ClN2O3S/c1-12-9-13(2)18(14(3)10-12)26(24,25)22-15(4)19(23)21-11-16-5-7-17(20)8-6-16/h5-10,15,22H,11H2,1-4H3,(H,21,23). The van der Waals surface area contributed by atoms with Crippen LogP contribution in [-0.2, 0) is 21.4 Å². The van der Waals surface area contributed by atoms with Gasteiger partial charge < -0.3 is 5.32 Å². The van der Waals surface area contributed by atoms with E-state index in [1.165, 1.54) is 6.92 Å². The predicted molar refractivity (Wildman–Crippen MR) is 104 cm³/mol. The van der Waals surface area contributed by atoms with Crippen LogP contribution in [0.3, 0.4) is 0 Å². The normalized spacial score (nSPS) is 12.7. The summed E-state index contributed by atoms with van der Waals surface area (Å²) in [5.41, 5.74) is 3.18. The lowest BCUT2D eigenvalue weighted by atomic mass is 10.1. The van der Waals surface area contributed by atoms with Crippen LogP contribution in [0.4, 0.5) is 0 Å². The molecule has 0 saturated carbocycles. The van der Waals surface area contributed by atoms with E-state index in [2.05, 4.69) is 10.0 Å². The summed E-state index contributed by atoms with van der Waals surface area (Å²) in [6, 6.07) is 9.80. The number of benzene rings is 2. The Labute approximate surface area is 159 Å². The first kappa shape index (κ1) is 20.4. The molecule has 0 saturated heterocycles. The maximum absolute atomic E-state index is 12.7. The van der Waals surface area contributed by atoms with Crippen LogP contribution >= 0.6 is 11.6 Å². The van der Waals surface area contributed by atoms with Crippen molar-refractivity contribution in [1.29, 1.82) is 0 Å². The number of hydrogen-bond donors (Lipinski definition) is 2. The first-order valence-electron chi connectivity index (χ1n) is 8.22. The average molecular weight is 395 g/mol. The highest BCUT2D eigenvalue weighted by Gasteiger charge is 2.25. The zero-order chi connectivity index (χ0) is 19.5. The number of hydrogen-bond acceptors (Lipinski definition) is 3. The number of sulfonamides is 1. The summed E-state index contributed by atoms with van der Waals surface area (Å²) < 4.78 is 27.9. The fourth-order valence-corrected chi connectivity index (χ4v) is 4.66. The molecule has 2 aromatic rings. The fourth-order valence-electron chi connectivity index (χ4n) is 2.88. The molecular weight excluding hydrogens is 372 g/mol. The molecule has 1 unspecified atom stereocenters. The van der Waals surface area contributed by atoms with Gasteiger partial charge in [0.2, 0.25) is 15.9 Å². The Bertz CT molecular complexity index is 886. The van der Waals surface area contributed by atoms with E-state index in [-0.39, 0.29) is 4.90 Å². The molecule has 2 rings (SSSR count). The van der Waals surface area contributed by atoms with Crippen molar-refractivity contribution >= 4 is 27.5 Å². The third-order valence-corrected chi connectivity index (χ3v) is 6.08. The van der Waals surface area contributed by atoms with E-state index in [0.29, 0.717) is 22.7 Å². The van der Waals surface area contributed by atoms with Crippen molar-refractivity contribution in [2.75, 3.05) is 0 Å². The maximum Gasteiger partial charge on any atom is 0.241 e. The van der Waals surface area contributed by atoms with E-state index >= 15 is 0 Å². The molecule has 7 heteroatoms. The third-order valence-electron chi connectivity index (χ3n) is 3.98. The van der Waals surface area contributed by atoms with Gasteiger partial charge in [-0.15, -0.1) is 0 Å². The van der Waals surface area contributed by atoms with Crippen molar-refractivity contribution in [3.05, 3.63) is 63.7 Å². The van der Waals surface area contributed by atoms with Gasteiger partial charge in [0.05, 0.1) is 10.9 Å². The molecule has 140 valence electrons.